The van der Waals surface area contributed by atoms with E-state index in [-0.39, 0.29) is 23.2 Å². The summed E-state index contributed by atoms with van der Waals surface area (Å²) in [6.07, 6.45) is 0.937. The lowest BCUT2D eigenvalue weighted by Crippen LogP contribution is -2.21. The minimum Gasteiger partial charge on any atom is -0.369 e. The Labute approximate surface area is 144 Å². The lowest BCUT2D eigenvalue weighted by atomic mass is 10.00. The first-order valence-corrected chi connectivity index (χ1v) is 8.22. The molecule has 0 unspecified atom stereocenters. The summed E-state index contributed by atoms with van der Waals surface area (Å²) < 4.78 is 14.8. The zero-order valence-electron chi connectivity index (χ0n) is 13.8. The third-order valence-electron chi connectivity index (χ3n) is 4.83. The van der Waals surface area contributed by atoms with Gasteiger partial charge in [-0.2, -0.15) is 0 Å². The number of hydrogen-bond acceptors (Lipinski definition) is 3. The van der Waals surface area contributed by atoms with Crippen LogP contribution < -0.4 is 11.3 Å². The maximum absolute atomic E-state index is 13.5. The molecule has 0 amide bonds. The summed E-state index contributed by atoms with van der Waals surface area (Å²) in [5.74, 6) is 0.514. The molecule has 25 heavy (non-hydrogen) atoms. The summed E-state index contributed by atoms with van der Waals surface area (Å²) in [5.41, 5.74) is 9.43. The normalized spacial score (nSPS) is 19.0. The second kappa shape index (κ2) is 5.84. The first-order valence-electron chi connectivity index (χ1n) is 8.22. The van der Waals surface area contributed by atoms with Crippen LogP contribution in [-0.2, 0) is 7.05 Å². The van der Waals surface area contributed by atoms with Crippen molar-refractivity contribution in [2.75, 3.05) is 5.73 Å². The molecule has 2 aromatic carbocycles. The van der Waals surface area contributed by atoms with Crippen LogP contribution in [0.1, 0.15) is 29.5 Å². The van der Waals surface area contributed by atoms with Crippen LogP contribution in [0.4, 0.5) is 10.3 Å². The molecule has 2 atom stereocenters. The van der Waals surface area contributed by atoms with Gasteiger partial charge in [-0.05, 0) is 41.2 Å². The van der Waals surface area contributed by atoms with E-state index in [2.05, 4.69) is 17.1 Å². The molecule has 1 aromatic heterocycles. The van der Waals surface area contributed by atoms with Gasteiger partial charge in [-0.15, -0.1) is 0 Å². The number of anilines is 1. The SMILES string of the molecule is Cn1c(N)nc([C@H]2C[C@H]2c2cccc(-c3cccc(F)c3)c2)cc1=O. The smallest absolute Gasteiger partial charge is 0.254 e. The van der Waals surface area contributed by atoms with Gasteiger partial charge in [-0.25, -0.2) is 9.37 Å². The third-order valence-corrected chi connectivity index (χ3v) is 4.83. The number of hydrogen-bond donors (Lipinski definition) is 1. The van der Waals surface area contributed by atoms with Gasteiger partial charge in [0.2, 0.25) is 5.95 Å². The Morgan fingerprint density at radius 2 is 1.80 bits per heavy atom. The minimum atomic E-state index is -0.244. The van der Waals surface area contributed by atoms with Gasteiger partial charge in [0.15, 0.2) is 0 Å². The van der Waals surface area contributed by atoms with Crippen molar-refractivity contribution >= 4 is 5.95 Å². The van der Waals surface area contributed by atoms with Gasteiger partial charge >= 0.3 is 0 Å². The molecule has 1 aliphatic rings. The highest BCUT2D eigenvalue weighted by atomic mass is 19.1. The molecule has 0 aliphatic heterocycles. The molecule has 0 spiro atoms. The Kier molecular flexibility index (Phi) is 3.64. The molecule has 3 aromatic rings. The van der Waals surface area contributed by atoms with E-state index in [1.165, 1.54) is 22.3 Å². The second-order valence-corrected chi connectivity index (χ2v) is 6.52. The molecule has 4 rings (SSSR count). The second-order valence-electron chi connectivity index (χ2n) is 6.52. The van der Waals surface area contributed by atoms with Gasteiger partial charge in [0.1, 0.15) is 5.82 Å². The molecule has 0 radical (unpaired) electrons. The van der Waals surface area contributed by atoms with Crippen molar-refractivity contribution in [2.24, 2.45) is 7.05 Å². The van der Waals surface area contributed by atoms with Crippen LogP contribution in [0.2, 0.25) is 0 Å². The molecule has 2 N–H and O–H groups in total. The molecule has 0 bridgehead atoms. The molecule has 126 valence electrons. The highest BCUT2D eigenvalue weighted by molar-refractivity contribution is 5.64. The number of aromatic nitrogens is 2. The summed E-state index contributed by atoms with van der Waals surface area (Å²) in [6, 6.07) is 16.3. The summed E-state index contributed by atoms with van der Waals surface area (Å²) in [7, 11) is 1.61. The average Bonchev–Trinajstić information content (AvgIpc) is 3.40. The van der Waals surface area contributed by atoms with Crippen molar-refractivity contribution < 1.29 is 4.39 Å². The molecule has 5 heteroatoms. The highest BCUT2D eigenvalue weighted by Crippen LogP contribution is 2.54. The first kappa shape index (κ1) is 15.6. The first-order chi connectivity index (χ1) is 12.0. The average molecular weight is 335 g/mol. The number of halogens is 1. The predicted molar refractivity (Wildman–Crippen MR) is 95.8 cm³/mol. The molecule has 1 heterocycles. The van der Waals surface area contributed by atoms with Crippen molar-refractivity contribution in [2.45, 2.75) is 18.3 Å². The topological polar surface area (TPSA) is 60.9 Å². The Balaban J connectivity index is 1.62. The number of rotatable bonds is 3. The fraction of sp³-hybridized carbons (Fsp3) is 0.200. The van der Waals surface area contributed by atoms with Crippen LogP contribution in [0.5, 0.6) is 0 Å². The number of benzene rings is 2. The Bertz CT molecular complexity index is 1010. The fourth-order valence-corrected chi connectivity index (χ4v) is 3.27. The van der Waals surface area contributed by atoms with Gasteiger partial charge in [-0.3, -0.25) is 9.36 Å². The molecular weight excluding hydrogens is 317 g/mol. The summed E-state index contributed by atoms with van der Waals surface area (Å²) in [6.45, 7) is 0. The largest absolute Gasteiger partial charge is 0.369 e. The lowest BCUT2D eigenvalue weighted by Gasteiger charge is -2.07. The van der Waals surface area contributed by atoms with E-state index in [1.54, 1.807) is 19.2 Å². The predicted octanol–water partition coefficient (Wildman–Crippen LogP) is 3.44. The van der Waals surface area contributed by atoms with E-state index >= 15 is 0 Å². The van der Waals surface area contributed by atoms with Gasteiger partial charge < -0.3 is 5.73 Å². The van der Waals surface area contributed by atoms with Crippen molar-refractivity contribution in [3.63, 3.8) is 0 Å². The number of nitrogens with zero attached hydrogens (tertiary/aromatic N) is 2. The van der Waals surface area contributed by atoms with E-state index in [9.17, 15) is 9.18 Å². The standard InChI is InChI=1S/C20H18FN3O/c1-24-19(25)11-18(23-20(24)22)17-10-16(17)14-6-2-4-12(8-14)13-5-3-7-15(21)9-13/h2-9,11,16-17H,10H2,1H3,(H2,22,23)/t16-,17-/m0/s1. The van der Waals surface area contributed by atoms with E-state index < -0.39 is 0 Å². The molecule has 1 saturated carbocycles. The quantitative estimate of drug-likeness (QED) is 0.797. The van der Waals surface area contributed by atoms with Crippen LogP contribution >= 0.6 is 0 Å². The Morgan fingerprint density at radius 1 is 1.08 bits per heavy atom. The third kappa shape index (κ3) is 2.93. The van der Waals surface area contributed by atoms with E-state index in [1.807, 2.05) is 18.2 Å². The van der Waals surface area contributed by atoms with E-state index in [0.717, 1.165) is 23.2 Å². The van der Waals surface area contributed by atoms with Crippen molar-refractivity contribution in [1.29, 1.82) is 0 Å². The maximum Gasteiger partial charge on any atom is 0.254 e. The summed E-state index contributed by atoms with van der Waals surface area (Å²) in [4.78, 5) is 16.3. The van der Waals surface area contributed by atoms with Crippen LogP contribution in [0.15, 0.2) is 59.4 Å². The van der Waals surface area contributed by atoms with Crippen LogP contribution in [0, 0.1) is 5.82 Å². The minimum absolute atomic E-state index is 0.137. The van der Waals surface area contributed by atoms with Gasteiger partial charge in [0, 0.05) is 19.0 Å². The van der Waals surface area contributed by atoms with E-state index in [4.69, 9.17) is 5.73 Å². The Hall–Kier alpha value is -2.95. The highest BCUT2D eigenvalue weighted by Gasteiger charge is 2.41. The number of nitrogens with two attached hydrogens (primary N) is 1. The lowest BCUT2D eigenvalue weighted by molar-refractivity contribution is 0.628. The summed E-state index contributed by atoms with van der Waals surface area (Å²) >= 11 is 0. The van der Waals surface area contributed by atoms with Crippen LogP contribution in [0.25, 0.3) is 11.1 Å². The van der Waals surface area contributed by atoms with Gasteiger partial charge in [0.25, 0.3) is 5.56 Å². The van der Waals surface area contributed by atoms with Gasteiger partial charge in [-0.1, -0.05) is 36.4 Å². The van der Waals surface area contributed by atoms with Crippen molar-refractivity contribution in [3.05, 3.63) is 82.0 Å². The molecule has 4 nitrogen and oxygen atoms in total. The molecule has 1 fully saturated rings. The van der Waals surface area contributed by atoms with Crippen molar-refractivity contribution in [3.8, 4) is 11.1 Å². The van der Waals surface area contributed by atoms with Gasteiger partial charge in [0.05, 0.1) is 5.69 Å². The van der Waals surface area contributed by atoms with Crippen molar-refractivity contribution in [1.82, 2.24) is 9.55 Å². The van der Waals surface area contributed by atoms with Crippen LogP contribution in [-0.4, -0.2) is 9.55 Å². The molecule has 0 saturated heterocycles. The Morgan fingerprint density at radius 3 is 2.52 bits per heavy atom. The number of nitrogen functional groups attached to an aromatic ring is 1. The zero-order valence-corrected chi connectivity index (χ0v) is 13.8. The monoisotopic (exact) mass is 335 g/mol. The van der Waals surface area contributed by atoms with Crippen LogP contribution in [0.3, 0.4) is 0 Å². The zero-order chi connectivity index (χ0) is 17.6. The molecular formula is C20H18FN3O. The van der Waals surface area contributed by atoms with E-state index in [0.29, 0.717) is 5.92 Å². The fourth-order valence-electron chi connectivity index (χ4n) is 3.27. The maximum atomic E-state index is 13.5. The molecule has 1 aliphatic carbocycles. The summed E-state index contributed by atoms with van der Waals surface area (Å²) in [5, 5.41) is 0.